The zero-order valence-electron chi connectivity index (χ0n) is 20.1. The summed E-state index contributed by atoms with van der Waals surface area (Å²) in [6.45, 7) is 4.23. The molecule has 2 aliphatic rings. The summed E-state index contributed by atoms with van der Waals surface area (Å²) in [7, 11) is 3.23. The molecule has 5 rings (SSSR count). The van der Waals surface area contributed by atoms with Gasteiger partial charge < -0.3 is 14.8 Å². The van der Waals surface area contributed by atoms with Crippen LogP contribution < -0.4 is 14.8 Å². The number of aromatic nitrogens is 3. The molecular weight excluding hydrogens is 484 g/mol. The first-order chi connectivity index (χ1) is 16.8. The molecule has 1 aliphatic carbocycles. The molecule has 0 bridgehead atoms. The van der Waals surface area contributed by atoms with Gasteiger partial charge in [-0.3, -0.25) is 4.79 Å². The third-order valence-corrected chi connectivity index (χ3v) is 7.62. The van der Waals surface area contributed by atoms with Crippen molar-refractivity contribution < 1.29 is 14.3 Å². The van der Waals surface area contributed by atoms with Gasteiger partial charge in [-0.05, 0) is 35.6 Å². The summed E-state index contributed by atoms with van der Waals surface area (Å²) in [5.41, 5.74) is 3.33. The molecule has 0 spiro atoms. The van der Waals surface area contributed by atoms with Crippen LogP contribution in [0.5, 0.6) is 11.5 Å². The lowest BCUT2D eigenvalue weighted by atomic mass is 9.73. The smallest absolute Gasteiger partial charge is 0.227 e. The SMILES string of the molecule is COc1ccc(C2C3=C(CC(C)(C)CC3=O)Nc3nc(SCc4ccccc4Cl)nn32)c(OC)c1. The number of Topliss-reactive ketones (excluding diaryl/α,β-unsaturated/α-hetero) is 1. The second kappa shape index (κ2) is 9.24. The number of methoxy groups -OCH3 is 2. The van der Waals surface area contributed by atoms with Crippen LogP contribution in [0.2, 0.25) is 5.02 Å². The maximum absolute atomic E-state index is 13.5. The number of thioether (sulfide) groups is 1. The zero-order chi connectivity index (χ0) is 24.7. The lowest BCUT2D eigenvalue weighted by Crippen LogP contribution is -2.36. The van der Waals surface area contributed by atoms with E-state index in [2.05, 4.69) is 19.2 Å². The monoisotopic (exact) mass is 510 g/mol. The fraction of sp³-hybridized carbons (Fsp3) is 0.346. The minimum absolute atomic E-state index is 0.109. The molecule has 0 saturated carbocycles. The number of carbonyl (C=O) groups is 1. The number of hydrogen-bond donors (Lipinski definition) is 1. The summed E-state index contributed by atoms with van der Waals surface area (Å²) in [6, 6.07) is 12.9. The molecule has 0 fully saturated rings. The van der Waals surface area contributed by atoms with Gasteiger partial charge in [-0.1, -0.05) is 55.4 Å². The Hall–Kier alpha value is -2.97. The Balaban J connectivity index is 1.58. The summed E-state index contributed by atoms with van der Waals surface area (Å²) in [4.78, 5) is 18.2. The van der Waals surface area contributed by atoms with Gasteiger partial charge in [-0.15, -0.1) is 5.10 Å². The molecule has 9 heteroatoms. The van der Waals surface area contributed by atoms with E-state index in [0.717, 1.165) is 23.2 Å². The molecule has 182 valence electrons. The molecule has 1 aliphatic heterocycles. The number of ether oxygens (including phenoxy) is 2. The first-order valence-corrected chi connectivity index (χ1v) is 12.7. The minimum Gasteiger partial charge on any atom is -0.497 e. The van der Waals surface area contributed by atoms with Crippen LogP contribution in [0.15, 0.2) is 58.9 Å². The molecule has 0 saturated heterocycles. The molecule has 2 heterocycles. The molecule has 0 amide bonds. The second-order valence-corrected chi connectivity index (χ2v) is 10.9. The molecule has 1 N–H and O–H groups in total. The highest BCUT2D eigenvalue weighted by Crippen LogP contribution is 2.47. The van der Waals surface area contributed by atoms with Crippen LogP contribution in [0.4, 0.5) is 5.95 Å². The molecule has 7 nitrogen and oxygen atoms in total. The first kappa shape index (κ1) is 23.8. The van der Waals surface area contributed by atoms with E-state index in [1.807, 2.05) is 42.5 Å². The van der Waals surface area contributed by atoms with Gasteiger partial charge in [0, 0.05) is 40.1 Å². The quantitative estimate of drug-likeness (QED) is 0.413. The maximum atomic E-state index is 13.5. The Morgan fingerprint density at radius 3 is 2.71 bits per heavy atom. The van der Waals surface area contributed by atoms with Crippen molar-refractivity contribution in [1.29, 1.82) is 0 Å². The van der Waals surface area contributed by atoms with Gasteiger partial charge in [0.2, 0.25) is 11.1 Å². The van der Waals surface area contributed by atoms with Crippen molar-refractivity contribution in [3.8, 4) is 11.5 Å². The van der Waals surface area contributed by atoms with Crippen molar-refractivity contribution in [3.05, 3.63) is 69.9 Å². The summed E-state index contributed by atoms with van der Waals surface area (Å²) < 4.78 is 12.9. The van der Waals surface area contributed by atoms with E-state index in [4.69, 9.17) is 31.2 Å². The van der Waals surface area contributed by atoms with Gasteiger partial charge in [-0.2, -0.15) is 4.98 Å². The Bertz CT molecular complexity index is 1330. The van der Waals surface area contributed by atoms with Crippen molar-refractivity contribution in [3.63, 3.8) is 0 Å². The molecule has 1 atom stereocenters. The number of ketones is 1. The van der Waals surface area contributed by atoms with Crippen LogP contribution in [0.25, 0.3) is 0 Å². The normalized spacial score (nSPS) is 18.5. The lowest BCUT2D eigenvalue weighted by Gasteiger charge is -2.38. The molecule has 1 aromatic heterocycles. The van der Waals surface area contributed by atoms with E-state index in [0.29, 0.717) is 45.4 Å². The van der Waals surface area contributed by atoms with Crippen molar-refractivity contribution in [2.45, 2.75) is 43.6 Å². The molecular formula is C26H27ClN4O3S. The van der Waals surface area contributed by atoms with Crippen LogP contribution in [0, 0.1) is 5.41 Å². The Kier molecular flexibility index (Phi) is 6.27. The Morgan fingerprint density at radius 1 is 1.17 bits per heavy atom. The van der Waals surface area contributed by atoms with E-state index in [9.17, 15) is 4.79 Å². The minimum atomic E-state index is -0.451. The number of carbonyl (C=O) groups excluding carboxylic acids is 1. The average Bonchev–Trinajstić information content (AvgIpc) is 3.23. The van der Waals surface area contributed by atoms with Crippen LogP contribution in [0.3, 0.4) is 0 Å². The van der Waals surface area contributed by atoms with Crippen LogP contribution in [-0.4, -0.2) is 34.8 Å². The first-order valence-electron chi connectivity index (χ1n) is 11.4. The number of allylic oxidation sites excluding steroid dienone is 2. The van der Waals surface area contributed by atoms with Gasteiger partial charge in [0.25, 0.3) is 0 Å². The highest BCUT2D eigenvalue weighted by molar-refractivity contribution is 7.98. The van der Waals surface area contributed by atoms with Crippen molar-refractivity contribution in [2.75, 3.05) is 19.5 Å². The van der Waals surface area contributed by atoms with E-state index in [-0.39, 0.29) is 11.2 Å². The number of halogens is 1. The van der Waals surface area contributed by atoms with Crippen LogP contribution >= 0.6 is 23.4 Å². The molecule has 2 aromatic carbocycles. The molecule has 1 unspecified atom stereocenters. The molecule has 0 radical (unpaired) electrons. The third kappa shape index (κ3) is 4.52. The third-order valence-electron chi connectivity index (χ3n) is 6.36. The van der Waals surface area contributed by atoms with Gasteiger partial charge in [0.15, 0.2) is 5.78 Å². The lowest BCUT2D eigenvalue weighted by molar-refractivity contribution is -0.118. The second-order valence-electron chi connectivity index (χ2n) is 9.51. The number of nitrogens with one attached hydrogen (secondary N) is 1. The number of benzene rings is 2. The number of fused-ring (bicyclic) bond motifs is 1. The predicted molar refractivity (Wildman–Crippen MR) is 137 cm³/mol. The summed E-state index contributed by atoms with van der Waals surface area (Å²) in [5.74, 6) is 2.67. The van der Waals surface area contributed by atoms with Crippen molar-refractivity contribution in [2.24, 2.45) is 5.41 Å². The predicted octanol–water partition coefficient (Wildman–Crippen LogP) is 5.90. The summed E-state index contributed by atoms with van der Waals surface area (Å²) >= 11 is 7.84. The van der Waals surface area contributed by atoms with Crippen LogP contribution in [-0.2, 0) is 10.5 Å². The van der Waals surface area contributed by atoms with Gasteiger partial charge in [-0.25, -0.2) is 4.68 Å². The average molecular weight is 511 g/mol. The van der Waals surface area contributed by atoms with E-state index >= 15 is 0 Å². The van der Waals surface area contributed by atoms with E-state index in [1.54, 1.807) is 18.9 Å². The van der Waals surface area contributed by atoms with Gasteiger partial charge >= 0.3 is 0 Å². The Morgan fingerprint density at radius 2 is 1.97 bits per heavy atom. The van der Waals surface area contributed by atoms with Crippen LogP contribution in [0.1, 0.15) is 43.9 Å². The standard InChI is InChI=1S/C26H27ClN4O3S/c1-26(2)12-19-22(20(32)13-26)23(17-10-9-16(33-3)11-21(17)34-4)31-24(28-19)29-25(30-31)35-14-15-7-5-6-8-18(15)27/h5-11,23H,12-14H2,1-4H3,(H,28,29,30). The number of nitrogens with zero attached hydrogens (tertiary/aromatic N) is 3. The van der Waals surface area contributed by atoms with Crippen molar-refractivity contribution >= 4 is 35.1 Å². The van der Waals surface area contributed by atoms with Gasteiger partial charge in [0.05, 0.1) is 14.2 Å². The van der Waals surface area contributed by atoms with E-state index in [1.165, 1.54) is 11.8 Å². The highest BCUT2D eigenvalue weighted by atomic mass is 35.5. The van der Waals surface area contributed by atoms with Crippen molar-refractivity contribution in [1.82, 2.24) is 14.8 Å². The topological polar surface area (TPSA) is 78.3 Å². The largest absolute Gasteiger partial charge is 0.497 e. The number of rotatable bonds is 6. The molecule has 35 heavy (non-hydrogen) atoms. The maximum Gasteiger partial charge on any atom is 0.227 e. The fourth-order valence-electron chi connectivity index (χ4n) is 4.74. The highest BCUT2D eigenvalue weighted by Gasteiger charge is 2.42. The van der Waals surface area contributed by atoms with E-state index < -0.39 is 6.04 Å². The van der Waals surface area contributed by atoms with Gasteiger partial charge in [0.1, 0.15) is 17.5 Å². The number of anilines is 1. The number of hydrogen-bond acceptors (Lipinski definition) is 7. The Labute approximate surface area is 213 Å². The molecule has 3 aromatic rings. The summed E-state index contributed by atoms with van der Waals surface area (Å²) in [5, 5.41) is 9.56. The zero-order valence-corrected chi connectivity index (χ0v) is 21.7. The summed E-state index contributed by atoms with van der Waals surface area (Å²) in [6.07, 6.45) is 1.22. The fourth-order valence-corrected chi connectivity index (χ4v) is 5.85.